The Bertz CT molecular complexity index is 716. The first-order valence-electron chi connectivity index (χ1n) is 8.35. The van der Waals surface area contributed by atoms with E-state index < -0.39 is 0 Å². The van der Waals surface area contributed by atoms with Gasteiger partial charge in [-0.3, -0.25) is 4.79 Å². The van der Waals surface area contributed by atoms with Crippen molar-refractivity contribution in [2.24, 2.45) is 5.92 Å². The maximum absolute atomic E-state index is 13.3. The lowest BCUT2D eigenvalue weighted by Gasteiger charge is -2.28. The van der Waals surface area contributed by atoms with Gasteiger partial charge in [0.1, 0.15) is 5.82 Å². The lowest BCUT2D eigenvalue weighted by molar-refractivity contribution is -0.135. The molecule has 126 valence electrons. The molecular weight excluding hydrogens is 369 g/mol. The molecule has 2 unspecified atom stereocenters. The van der Waals surface area contributed by atoms with Gasteiger partial charge in [-0.1, -0.05) is 47.1 Å². The Morgan fingerprint density at radius 3 is 2.75 bits per heavy atom. The van der Waals surface area contributed by atoms with Crippen molar-refractivity contribution in [3.8, 4) is 0 Å². The molecule has 0 bridgehead atoms. The summed E-state index contributed by atoms with van der Waals surface area (Å²) in [6, 6.07) is 14.9. The summed E-state index contributed by atoms with van der Waals surface area (Å²) in [6.07, 6.45) is 2.60. The van der Waals surface area contributed by atoms with E-state index in [0.717, 1.165) is 29.4 Å². The number of halogens is 2. The molecule has 1 heterocycles. The number of likely N-dealkylation sites (tertiary alicyclic amines) is 1. The molecule has 2 nitrogen and oxygen atoms in total. The molecule has 1 fully saturated rings. The summed E-state index contributed by atoms with van der Waals surface area (Å²) in [5.74, 6) is -0.242. The third kappa shape index (κ3) is 3.86. The van der Waals surface area contributed by atoms with E-state index in [1.165, 1.54) is 17.7 Å². The molecule has 24 heavy (non-hydrogen) atoms. The number of hydrogen-bond acceptors (Lipinski definition) is 1. The molecule has 0 saturated carbocycles. The zero-order valence-corrected chi connectivity index (χ0v) is 15.3. The van der Waals surface area contributed by atoms with Crippen LogP contribution in [0.3, 0.4) is 0 Å². The minimum Gasteiger partial charge on any atom is -0.335 e. The molecular formula is C20H21BrFNO. The van der Waals surface area contributed by atoms with E-state index in [4.69, 9.17) is 0 Å². The molecule has 2 aromatic carbocycles. The maximum atomic E-state index is 13.3. The number of rotatable bonds is 4. The van der Waals surface area contributed by atoms with Crippen LogP contribution in [0.5, 0.6) is 0 Å². The Labute approximate surface area is 150 Å². The predicted octanol–water partition coefficient (Wildman–Crippen LogP) is 5.13. The van der Waals surface area contributed by atoms with Gasteiger partial charge in [0.2, 0.25) is 5.91 Å². The van der Waals surface area contributed by atoms with Crippen LogP contribution in [-0.4, -0.2) is 17.4 Å². The van der Waals surface area contributed by atoms with Gasteiger partial charge in [0.05, 0.1) is 6.04 Å². The minimum atomic E-state index is -0.249. The molecule has 1 saturated heterocycles. The van der Waals surface area contributed by atoms with Crippen LogP contribution in [0, 0.1) is 11.7 Å². The highest BCUT2D eigenvalue weighted by Gasteiger charge is 2.32. The van der Waals surface area contributed by atoms with E-state index in [-0.39, 0.29) is 23.7 Å². The Morgan fingerprint density at radius 2 is 2.04 bits per heavy atom. The summed E-state index contributed by atoms with van der Waals surface area (Å²) < 4.78 is 14.4. The van der Waals surface area contributed by atoms with Gasteiger partial charge in [-0.25, -0.2) is 4.39 Å². The molecule has 1 aliphatic rings. The second-order valence-electron chi connectivity index (χ2n) is 6.48. The highest BCUT2D eigenvalue weighted by atomic mass is 79.9. The topological polar surface area (TPSA) is 20.3 Å². The van der Waals surface area contributed by atoms with Crippen molar-refractivity contribution in [2.45, 2.75) is 32.2 Å². The zero-order valence-electron chi connectivity index (χ0n) is 13.7. The van der Waals surface area contributed by atoms with E-state index >= 15 is 0 Å². The molecule has 0 aliphatic carbocycles. The molecule has 2 aromatic rings. The monoisotopic (exact) mass is 389 g/mol. The van der Waals surface area contributed by atoms with E-state index in [0.29, 0.717) is 6.42 Å². The Morgan fingerprint density at radius 1 is 1.29 bits per heavy atom. The fourth-order valence-electron chi connectivity index (χ4n) is 3.45. The number of benzene rings is 2. The third-order valence-corrected chi connectivity index (χ3v) is 5.17. The van der Waals surface area contributed by atoms with Gasteiger partial charge in [0.25, 0.3) is 0 Å². The third-order valence-electron chi connectivity index (χ3n) is 4.64. The number of hydrogen-bond donors (Lipinski definition) is 0. The molecule has 1 amide bonds. The summed E-state index contributed by atoms with van der Waals surface area (Å²) in [4.78, 5) is 14.9. The van der Waals surface area contributed by atoms with Gasteiger partial charge < -0.3 is 4.90 Å². The summed E-state index contributed by atoms with van der Waals surface area (Å²) >= 11 is 3.45. The number of nitrogens with zero attached hydrogens (tertiary/aromatic N) is 1. The fourth-order valence-corrected chi connectivity index (χ4v) is 3.71. The first kappa shape index (κ1) is 17.2. The lowest BCUT2D eigenvalue weighted by Crippen LogP contribution is -2.35. The van der Waals surface area contributed by atoms with Crippen molar-refractivity contribution >= 4 is 21.8 Å². The SMILES string of the molecule is CC(Cc1cccc(F)c1)C(=O)N1CCCC1c1ccc(Br)cc1. The first-order valence-corrected chi connectivity index (χ1v) is 9.14. The van der Waals surface area contributed by atoms with Crippen molar-refractivity contribution in [1.29, 1.82) is 0 Å². The van der Waals surface area contributed by atoms with Crippen LogP contribution in [-0.2, 0) is 11.2 Å². The van der Waals surface area contributed by atoms with Crippen LogP contribution in [0.25, 0.3) is 0 Å². The first-order chi connectivity index (χ1) is 11.5. The van der Waals surface area contributed by atoms with Crippen molar-refractivity contribution in [2.75, 3.05) is 6.54 Å². The van der Waals surface area contributed by atoms with Crippen LogP contribution in [0.15, 0.2) is 53.0 Å². The Balaban J connectivity index is 1.71. The van der Waals surface area contributed by atoms with Crippen LogP contribution in [0.4, 0.5) is 4.39 Å². The van der Waals surface area contributed by atoms with E-state index in [1.54, 1.807) is 6.07 Å². The van der Waals surface area contributed by atoms with Crippen LogP contribution >= 0.6 is 15.9 Å². The molecule has 0 spiro atoms. The smallest absolute Gasteiger partial charge is 0.226 e. The van der Waals surface area contributed by atoms with Gasteiger partial charge in [0, 0.05) is 16.9 Å². The van der Waals surface area contributed by atoms with Crippen molar-refractivity contribution in [1.82, 2.24) is 4.90 Å². The van der Waals surface area contributed by atoms with Crippen LogP contribution in [0.1, 0.15) is 36.9 Å². The fraction of sp³-hybridized carbons (Fsp3) is 0.350. The molecule has 4 heteroatoms. The Kier molecular flexibility index (Phi) is 5.34. The second kappa shape index (κ2) is 7.47. The largest absolute Gasteiger partial charge is 0.335 e. The van der Waals surface area contributed by atoms with E-state index in [9.17, 15) is 9.18 Å². The minimum absolute atomic E-state index is 0.150. The molecule has 1 aliphatic heterocycles. The normalized spacial score (nSPS) is 18.6. The number of amides is 1. The number of carbonyl (C=O) groups is 1. The van der Waals surface area contributed by atoms with Crippen molar-refractivity contribution in [3.05, 3.63) is 69.9 Å². The summed E-state index contributed by atoms with van der Waals surface area (Å²) in [7, 11) is 0. The summed E-state index contributed by atoms with van der Waals surface area (Å²) in [5.41, 5.74) is 2.05. The second-order valence-corrected chi connectivity index (χ2v) is 7.39. The highest BCUT2D eigenvalue weighted by molar-refractivity contribution is 9.10. The van der Waals surface area contributed by atoms with Gasteiger partial charge in [-0.2, -0.15) is 0 Å². The molecule has 0 aromatic heterocycles. The quantitative estimate of drug-likeness (QED) is 0.709. The summed E-state index contributed by atoms with van der Waals surface area (Å²) in [6.45, 7) is 2.73. The summed E-state index contributed by atoms with van der Waals surface area (Å²) in [5, 5.41) is 0. The molecule has 2 atom stereocenters. The average Bonchev–Trinajstić information content (AvgIpc) is 3.04. The predicted molar refractivity (Wildman–Crippen MR) is 97.1 cm³/mol. The van der Waals surface area contributed by atoms with Crippen molar-refractivity contribution in [3.63, 3.8) is 0 Å². The standard InChI is InChI=1S/C20H21BrFNO/c1-14(12-15-4-2-5-18(22)13-15)20(24)23-11-3-6-19(23)16-7-9-17(21)10-8-16/h2,4-5,7-10,13-14,19H,3,6,11-12H2,1H3. The average molecular weight is 390 g/mol. The maximum Gasteiger partial charge on any atom is 0.226 e. The van der Waals surface area contributed by atoms with Crippen molar-refractivity contribution < 1.29 is 9.18 Å². The molecule has 0 radical (unpaired) electrons. The van der Waals surface area contributed by atoms with Gasteiger partial charge in [-0.15, -0.1) is 0 Å². The van der Waals surface area contributed by atoms with Crippen LogP contribution in [0.2, 0.25) is 0 Å². The molecule has 3 rings (SSSR count). The van der Waals surface area contributed by atoms with Gasteiger partial charge in [0.15, 0.2) is 0 Å². The molecule has 0 N–H and O–H groups in total. The Hall–Kier alpha value is -1.68. The number of carbonyl (C=O) groups excluding carboxylic acids is 1. The van der Waals surface area contributed by atoms with E-state index in [1.807, 2.05) is 30.0 Å². The van der Waals surface area contributed by atoms with E-state index in [2.05, 4.69) is 28.1 Å². The zero-order chi connectivity index (χ0) is 17.1. The van der Waals surface area contributed by atoms with Gasteiger partial charge in [-0.05, 0) is 54.7 Å². The highest BCUT2D eigenvalue weighted by Crippen LogP contribution is 2.34. The van der Waals surface area contributed by atoms with Gasteiger partial charge >= 0.3 is 0 Å². The van der Waals surface area contributed by atoms with Crippen LogP contribution < -0.4 is 0 Å². The lowest BCUT2D eigenvalue weighted by atomic mass is 9.98.